The molecule has 0 aromatic heterocycles. The third-order valence-electron chi connectivity index (χ3n) is 3.19. The number of para-hydroxylation sites is 4. The molecular weight excluding hydrogens is 288 g/mol. The molecular formula is C19H26N2O2. The molecule has 0 heterocycles. The SMILES string of the molecule is CCOc1ccccc1NCCNc1ccccc1OC(C)C. The van der Waals surface area contributed by atoms with E-state index in [2.05, 4.69) is 10.6 Å². The number of benzene rings is 2. The maximum absolute atomic E-state index is 5.81. The molecule has 4 heteroatoms. The fourth-order valence-corrected chi connectivity index (χ4v) is 2.26. The molecule has 2 rings (SSSR count). The molecule has 4 nitrogen and oxygen atoms in total. The zero-order chi connectivity index (χ0) is 16.5. The Morgan fingerprint density at radius 3 is 1.91 bits per heavy atom. The lowest BCUT2D eigenvalue weighted by Gasteiger charge is -2.16. The van der Waals surface area contributed by atoms with Crippen molar-refractivity contribution in [1.82, 2.24) is 0 Å². The fourth-order valence-electron chi connectivity index (χ4n) is 2.26. The van der Waals surface area contributed by atoms with Crippen LogP contribution in [0.3, 0.4) is 0 Å². The van der Waals surface area contributed by atoms with Gasteiger partial charge >= 0.3 is 0 Å². The van der Waals surface area contributed by atoms with E-state index in [1.54, 1.807) is 0 Å². The number of hydrogen-bond donors (Lipinski definition) is 2. The topological polar surface area (TPSA) is 42.5 Å². The van der Waals surface area contributed by atoms with Gasteiger partial charge in [-0.2, -0.15) is 0 Å². The van der Waals surface area contributed by atoms with Crippen molar-refractivity contribution in [3.63, 3.8) is 0 Å². The summed E-state index contributed by atoms with van der Waals surface area (Å²) in [6, 6.07) is 16.0. The molecule has 2 aromatic rings. The van der Waals surface area contributed by atoms with Gasteiger partial charge in [0.25, 0.3) is 0 Å². The predicted molar refractivity (Wildman–Crippen MR) is 96.8 cm³/mol. The van der Waals surface area contributed by atoms with E-state index in [9.17, 15) is 0 Å². The summed E-state index contributed by atoms with van der Waals surface area (Å²) in [6.07, 6.45) is 0.161. The Labute approximate surface area is 138 Å². The van der Waals surface area contributed by atoms with Crippen molar-refractivity contribution in [2.45, 2.75) is 26.9 Å². The first kappa shape index (κ1) is 17.0. The van der Waals surface area contributed by atoms with Gasteiger partial charge in [-0.1, -0.05) is 24.3 Å². The van der Waals surface area contributed by atoms with Gasteiger partial charge in [0.1, 0.15) is 11.5 Å². The fraction of sp³-hybridized carbons (Fsp3) is 0.368. The van der Waals surface area contributed by atoms with Crippen LogP contribution in [-0.4, -0.2) is 25.8 Å². The second-order valence-corrected chi connectivity index (χ2v) is 5.45. The second-order valence-electron chi connectivity index (χ2n) is 5.45. The summed E-state index contributed by atoms with van der Waals surface area (Å²) < 4.78 is 11.4. The summed E-state index contributed by atoms with van der Waals surface area (Å²) in [4.78, 5) is 0. The first-order chi connectivity index (χ1) is 11.2. The first-order valence-electron chi connectivity index (χ1n) is 8.16. The lowest BCUT2D eigenvalue weighted by atomic mass is 10.2. The highest BCUT2D eigenvalue weighted by Crippen LogP contribution is 2.25. The van der Waals surface area contributed by atoms with E-state index in [4.69, 9.17) is 9.47 Å². The van der Waals surface area contributed by atoms with Crippen molar-refractivity contribution in [2.24, 2.45) is 0 Å². The predicted octanol–water partition coefficient (Wildman–Crippen LogP) is 4.40. The molecule has 0 radical (unpaired) electrons. The third-order valence-corrected chi connectivity index (χ3v) is 3.19. The molecule has 2 N–H and O–H groups in total. The highest BCUT2D eigenvalue weighted by Gasteiger charge is 2.05. The van der Waals surface area contributed by atoms with E-state index in [0.29, 0.717) is 6.61 Å². The van der Waals surface area contributed by atoms with Crippen molar-refractivity contribution in [3.8, 4) is 11.5 Å². The van der Waals surface area contributed by atoms with E-state index < -0.39 is 0 Å². The largest absolute Gasteiger partial charge is 0.492 e. The molecule has 124 valence electrons. The molecule has 0 atom stereocenters. The van der Waals surface area contributed by atoms with Crippen LogP contribution in [0.4, 0.5) is 11.4 Å². The van der Waals surface area contributed by atoms with Gasteiger partial charge in [-0.05, 0) is 45.0 Å². The molecule has 0 bridgehead atoms. The van der Waals surface area contributed by atoms with E-state index in [-0.39, 0.29) is 6.10 Å². The molecule has 0 saturated heterocycles. The van der Waals surface area contributed by atoms with Crippen molar-refractivity contribution in [3.05, 3.63) is 48.5 Å². The number of rotatable bonds is 9. The Morgan fingerprint density at radius 2 is 1.35 bits per heavy atom. The number of nitrogens with one attached hydrogen (secondary N) is 2. The van der Waals surface area contributed by atoms with Crippen LogP contribution >= 0.6 is 0 Å². The Bertz CT molecular complexity index is 599. The average molecular weight is 314 g/mol. The van der Waals surface area contributed by atoms with Crippen LogP contribution < -0.4 is 20.1 Å². The van der Waals surface area contributed by atoms with Crippen LogP contribution in [-0.2, 0) is 0 Å². The van der Waals surface area contributed by atoms with Crippen LogP contribution in [0.25, 0.3) is 0 Å². The molecule has 0 fully saturated rings. The maximum Gasteiger partial charge on any atom is 0.142 e. The third kappa shape index (κ3) is 5.40. The lowest BCUT2D eigenvalue weighted by molar-refractivity contribution is 0.243. The van der Waals surface area contributed by atoms with Crippen LogP contribution in [0, 0.1) is 0 Å². The van der Waals surface area contributed by atoms with Crippen molar-refractivity contribution in [1.29, 1.82) is 0 Å². The Kier molecular flexibility index (Phi) is 6.60. The summed E-state index contributed by atoms with van der Waals surface area (Å²) in [7, 11) is 0. The summed E-state index contributed by atoms with van der Waals surface area (Å²) in [6.45, 7) is 8.30. The monoisotopic (exact) mass is 314 g/mol. The van der Waals surface area contributed by atoms with Gasteiger partial charge < -0.3 is 20.1 Å². The molecule has 0 spiro atoms. The van der Waals surface area contributed by atoms with Gasteiger partial charge in [0.05, 0.1) is 24.1 Å². The van der Waals surface area contributed by atoms with Crippen molar-refractivity contribution < 1.29 is 9.47 Å². The lowest BCUT2D eigenvalue weighted by Crippen LogP contribution is -2.15. The quantitative estimate of drug-likeness (QED) is 0.673. The molecule has 0 aliphatic carbocycles. The highest BCUT2D eigenvalue weighted by molar-refractivity contribution is 5.58. The summed E-state index contributed by atoms with van der Waals surface area (Å²) >= 11 is 0. The zero-order valence-electron chi connectivity index (χ0n) is 14.1. The average Bonchev–Trinajstić information content (AvgIpc) is 2.54. The van der Waals surface area contributed by atoms with Gasteiger partial charge in [0.15, 0.2) is 0 Å². The minimum absolute atomic E-state index is 0.161. The summed E-state index contributed by atoms with van der Waals surface area (Å²) in [5, 5.41) is 6.81. The normalized spacial score (nSPS) is 10.4. The summed E-state index contributed by atoms with van der Waals surface area (Å²) in [5.74, 6) is 1.77. The summed E-state index contributed by atoms with van der Waals surface area (Å²) in [5.41, 5.74) is 2.03. The molecule has 23 heavy (non-hydrogen) atoms. The van der Waals surface area contributed by atoms with E-state index in [1.807, 2.05) is 69.3 Å². The minimum Gasteiger partial charge on any atom is -0.492 e. The van der Waals surface area contributed by atoms with Gasteiger partial charge in [-0.25, -0.2) is 0 Å². The maximum atomic E-state index is 5.81. The smallest absolute Gasteiger partial charge is 0.142 e. The van der Waals surface area contributed by atoms with Gasteiger partial charge in [-0.15, -0.1) is 0 Å². The Hall–Kier alpha value is -2.36. The first-order valence-corrected chi connectivity index (χ1v) is 8.16. The van der Waals surface area contributed by atoms with E-state index >= 15 is 0 Å². The van der Waals surface area contributed by atoms with Gasteiger partial charge in [0.2, 0.25) is 0 Å². The highest BCUT2D eigenvalue weighted by atomic mass is 16.5. The van der Waals surface area contributed by atoms with Crippen LogP contribution in [0.2, 0.25) is 0 Å². The van der Waals surface area contributed by atoms with Crippen LogP contribution in [0.5, 0.6) is 11.5 Å². The number of anilines is 2. The molecule has 2 aromatic carbocycles. The molecule has 0 saturated carbocycles. The standard InChI is InChI=1S/C19H26N2O2/c1-4-22-18-11-7-5-9-16(18)20-13-14-21-17-10-6-8-12-19(17)23-15(2)3/h5-12,15,20-21H,4,13-14H2,1-3H3. The number of hydrogen-bond acceptors (Lipinski definition) is 4. The van der Waals surface area contributed by atoms with Crippen molar-refractivity contribution >= 4 is 11.4 Å². The van der Waals surface area contributed by atoms with Gasteiger partial charge in [0, 0.05) is 13.1 Å². The van der Waals surface area contributed by atoms with Crippen molar-refractivity contribution in [2.75, 3.05) is 30.3 Å². The van der Waals surface area contributed by atoms with E-state index in [1.165, 1.54) is 0 Å². The molecule has 0 unspecified atom stereocenters. The minimum atomic E-state index is 0.161. The number of ether oxygens (including phenoxy) is 2. The Balaban J connectivity index is 1.86. The molecule has 0 amide bonds. The van der Waals surface area contributed by atoms with Crippen LogP contribution in [0.15, 0.2) is 48.5 Å². The van der Waals surface area contributed by atoms with E-state index in [0.717, 1.165) is 36.0 Å². The zero-order valence-corrected chi connectivity index (χ0v) is 14.1. The Morgan fingerprint density at radius 1 is 0.826 bits per heavy atom. The molecule has 0 aliphatic rings. The molecule has 0 aliphatic heterocycles. The second kappa shape index (κ2) is 8.93. The van der Waals surface area contributed by atoms with Gasteiger partial charge in [-0.3, -0.25) is 0 Å². The van der Waals surface area contributed by atoms with Crippen LogP contribution in [0.1, 0.15) is 20.8 Å².